The lowest BCUT2D eigenvalue weighted by atomic mass is 10.1. The van der Waals surface area contributed by atoms with E-state index in [0.717, 1.165) is 5.56 Å². The predicted octanol–water partition coefficient (Wildman–Crippen LogP) is 4.90. The third-order valence-electron chi connectivity index (χ3n) is 4.16. The maximum absolute atomic E-state index is 12.3. The molecule has 2 heterocycles. The second kappa shape index (κ2) is 10.9. The topological polar surface area (TPSA) is 97.6 Å². The molecule has 1 radical (unpaired) electrons. The van der Waals surface area contributed by atoms with Gasteiger partial charge in [-0.15, -0.1) is 11.8 Å². The van der Waals surface area contributed by atoms with E-state index >= 15 is 0 Å². The Balaban J connectivity index is 1.41. The highest BCUT2D eigenvalue weighted by molar-refractivity contribution is 9.10. The van der Waals surface area contributed by atoms with Gasteiger partial charge in [-0.2, -0.15) is 0 Å². The number of rotatable bonds is 8. The highest BCUT2D eigenvalue weighted by Crippen LogP contribution is 2.37. The SMILES string of the molecule is O=C(NOCC=CCCc1ccc(Br)cc1[N+](=O)[O-])N1[C]=CSC1c1ccncc1. The Labute approximate surface area is 186 Å². The number of pyridine rings is 1. The highest BCUT2D eigenvalue weighted by Gasteiger charge is 2.27. The molecule has 2 amide bonds. The van der Waals surface area contributed by atoms with Gasteiger partial charge < -0.3 is 0 Å². The normalized spacial score (nSPS) is 15.6. The van der Waals surface area contributed by atoms with E-state index in [1.165, 1.54) is 22.7 Å². The van der Waals surface area contributed by atoms with E-state index in [1.54, 1.807) is 36.0 Å². The molecule has 1 aliphatic heterocycles. The molecule has 3 rings (SSSR count). The fraction of sp³-hybridized carbons (Fsp3) is 0.200. The number of nitro groups is 1. The number of nitrogens with zero attached hydrogens (tertiary/aromatic N) is 3. The van der Waals surface area contributed by atoms with Crippen LogP contribution in [-0.4, -0.2) is 27.4 Å². The summed E-state index contributed by atoms with van der Waals surface area (Å²) in [6.07, 6.45) is 11.0. The van der Waals surface area contributed by atoms with Crippen LogP contribution in [0.25, 0.3) is 0 Å². The van der Waals surface area contributed by atoms with Crippen molar-refractivity contribution >= 4 is 39.4 Å². The molecule has 0 spiro atoms. The molecule has 10 heteroatoms. The highest BCUT2D eigenvalue weighted by atomic mass is 79.9. The van der Waals surface area contributed by atoms with Crippen molar-refractivity contribution in [3.8, 4) is 0 Å². The largest absolute Gasteiger partial charge is 0.347 e. The van der Waals surface area contributed by atoms with Crippen molar-refractivity contribution in [2.24, 2.45) is 0 Å². The minimum absolute atomic E-state index is 0.0952. The number of amides is 2. The minimum atomic E-state index is -0.419. The quantitative estimate of drug-likeness (QED) is 0.245. The zero-order chi connectivity index (χ0) is 21.3. The van der Waals surface area contributed by atoms with E-state index in [0.29, 0.717) is 22.9 Å². The van der Waals surface area contributed by atoms with Gasteiger partial charge in [0.1, 0.15) is 5.37 Å². The molecular formula is C20H18BrN4O4S. The van der Waals surface area contributed by atoms with Crippen LogP contribution >= 0.6 is 27.7 Å². The first-order valence-electron chi connectivity index (χ1n) is 8.98. The molecule has 1 aromatic heterocycles. The van der Waals surface area contributed by atoms with Crippen LogP contribution in [0, 0.1) is 16.3 Å². The summed E-state index contributed by atoms with van der Waals surface area (Å²) >= 11 is 4.71. The van der Waals surface area contributed by atoms with Crippen molar-refractivity contribution < 1.29 is 14.6 Å². The first-order valence-corrected chi connectivity index (χ1v) is 10.7. The van der Waals surface area contributed by atoms with Gasteiger partial charge in [-0.25, -0.2) is 10.3 Å². The summed E-state index contributed by atoms with van der Waals surface area (Å²) in [5, 5.41) is 12.6. The van der Waals surface area contributed by atoms with Crippen molar-refractivity contribution in [2.75, 3.05) is 6.61 Å². The Morgan fingerprint density at radius 2 is 2.17 bits per heavy atom. The van der Waals surface area contributed by atoms with E-state index in [1.807, 2.05) is 18.2 Å². The van der Waals surface area contributed by atoms with Crippen molar-refractivity contribution in [2.45, 2.75) is 18.2 Å². The van der Waals surface area contributed by atoms with Crippen LogP contribution < -0.4 is 5.48 Å². The summed E-state index contributed by atoms with van der Waals surface area (Å²) in [6, 6.07) is 8.29. The van der Waals surface area contributed by atoms with Gasteiger partial charge in [0, 0.05) is 28.5 Å². The van der Waals surface area contributed by atoms with E-state index in [9.17, 15) is 14.9 Å². The Bertz CT molecular complexity index is 955. The fourth-order valence-corrected chi connectivity index (χ4v) is 3.99. The molecule has 30 heavy (non-hydrogen) atoms. The number of hydrogen-bond acceptors (Lipinski definition) is 6. The first kappa shape index (κ1) is 22.0. The first-order chi connectivity index (χ1) is 14.6. The van der Waals surface area contributed by atoms with E-state index in [-0.39, 0.29) is 22.6 Å². The number of nitrogens with one attached hydrogen (secondary N) is 1. The number of hydroxylamine groups is 1. The molecule has 8 nitrogen and oxygen atoms in total. The summed E-state index contributed by atoms with van der Waals surface area (Å²) in [7, 11) is 0. The van der Waals surface area contributed by atoms with Crippen LogP contribution in [0.2, 0.25) is 0 Å². The molecular weight excluding hydrogens is 472 g/mol. The molecule has 155 valence electrons. The summed E-state index contributed by atoms with van der Waals surface area (Å²) in [5.74, 6) is 0. The van der Waals surface area contributed by atoms with Crippen molar-refractivity contribution in [1.29, 1.82) is 0 Å². The number of nitro benzene ring substituents is 1. The molecule has 0 saturated carbocycles. The van der Waals surface area contributed by atoms with Crippen LogP contribution in [-0.2, 0) is 11.3 Å². The number of halogens is 1. The van der Waals surface area contributed by atoms with Gasteiger partial charge in [-0.05, 0) is 42.0 Å². The number of allylic oxidation sites excluding steroid dienone is 1. The van der Waals surface area contributed by atoms with Gasteiger partial charge >= 0.3 is 6.03 Å². The molecule has 1 N–H and O–H groups in total. The van der Waals surface area contributed by atoms with Gasteiger partial charge in [0.05, 0.1) is 17.7 Å². The van der Waals surface area contributed by atoms with Crippen LogP contribution in [0.4, 0.5) is 10.5 Å². The van der Waals surface area contributed by atoms with Crippen LogP contribution in [0.15, 0.2) is 64.8 Å². The summed E-state index contributed by atoms with van der Waals surface area (Å²) in [4.78, 5) is 33.7. The molecule has 2 aromatic rings. The van der Waals surface area contributed by atoms with Crippen LogP contribution in [0.1, 0.15) is 22.9 Å². The number of benzene rings is 1. The second-order valence-corrected chi connectivity index (χ2v) is 8.01. The molecule has 0 saturated heterocycles. The average molecular weight is 490 g/mol. The lowest BCUT2D eigenvalue weighted by Gasteiger charge is -2.22. The fourth-order valence-electron chi connectivity index (χ4n) is 2.74. The van der Waals surface area contributed by atoms with Gasteiger partial charge in [-0.3, -0.25) is 24.8 Å². The Kier molecular flexibility index (Phi) is 8.00. The molecule has 1 aromatic carbocycles. The van der Waals surface area contributed by atoms with Crippen molar-refractivity contribution in [1.82, 2.24) is 15.4 Å². The number of aromatic nitrogens is 1. The van der Waals surface area contributed by atoms with Crippen LogP contribution in [0.5, 0.6) is 0 Å². The predicted molar refractivity (Wildman–Crippen MR) is 117 cm³/mol. The van der Waals surface area contributed by atoms with Gasteiger partial charge in [0.25, 0.3) is 5.69 Å². The second-order valence-electron chi connectivity index (χ2n) is 6.14. The molecule has 0 aliphatic carbocycles. The van der Waals surface area contributed by atoms with E-state index < -0.39 is 6.03 Å². The van der Waals surface area contributed by atoms with Gasteiger partial charge in [0.2, 0.25) is 0 Å². The molecule has 0 fully saturated rings. The number of thioether (sulfide) groups is 1. The van der Waals surface area contributed by atoms with Crippen molar-refractivity contribution in [3.63, 3.8) is 0 Å². The monoisotopic (exact) mass is 489 g/mol. The maximum atomic E-state index is 12.3. The molecule has 0 bridgehead atoms. The zero-order valence-electron chi connectivity index (χ0n) is 15.7. The third-order valence-corrected chi connectivity index (χ3v) is 5.64. The smallest absolute Gasteiger partial charge is 0.273 e. The Hall–Kier alpha value is -2.69. The Morgan fingerprint density at radius 3 is 2.93 bits per heavy atom. The summed E-state index contributed by atoms with van der Waals surface area (Å²) in [6.45, 7) is 0.179. The van der Waals surface area contributed by atoms with Gasteiger partial charge in [0.15, 0.2) is 0 Å². The lowest BCUT2D eigenvalue weighted by molar-refractivity contribution is -0.385. The van der Waals surface area contributed by atoms with Gasteiger partial charge in [-0.1, -0.05) is 34.1 Å². The Morgan fingerprint density at radius 1 is 1.37 bits per heavy atom. The average Bonchev–Trinajstić information content (AvgIpc) is 3.24. The standard InChI is InChI=1S/C20H18BrN4O4S/c21-17-6-5-15(18(14-17)25(27)28)4-2-1-3-12-29-23-20(26)24-11-13-30-19(24)16-7-9-22-10-8-16/h1,3,5-10,13-14,19H,2,4,12H2,(H,23,26). The third kappa shape index (κ3) is 5.91. The number of hydrogen-bond donors (Lipinski definition) is 1. The maximum Gasteiger partial charge on any atom is 0.347 e. The lowest BCUT2D eigenvalue weighted by Crippen LogP contribution is -2.36. The van der Waals surface area contributed by atoms with Crippen molar-refractivity contribution in [3.05, 3.63) is 92.2 Å². The molecule has 1 aliphatic rings. The number of aryl methyl sites for hydroxylation is 1. The van der Waals surface area contributed by atoms with E-state index in [4.69, 9.17) is 4.84 Å². The summed E-state index contributed by atoms with van der Waals surface area (Å²) < 4.78 is 0.673. The molecule has 1 atom stereocenters. The van der Waals surface area contributed by atoms with Crippen LogP contribution in [0.3, 0.4) is 0 Å². The molecule has 1 unspecified atom stereocenters. The number of carbonyl (C=O) groups is 1. The number of carbonyl (C=O) groups excluding carboxylic acids is 1. The summed E-state index contributed by atoms with van der Waals surface area (Å²) in [5.41, 5.74) is 4.09. The zero-order valence-corrected chi connectivity index (χ0v) is 18.1. The number of urea groups is 1. The van der Waals surface area contributed by atoms with E-state index in [2.05, 4.69) is 32.6 Å². The minimum Gasteiger partial charge on any atom is -0.273 e.